The Morgan fingerprint density at radius 2 is 1.61 bits per heavy atom. The normalized spacial score (nSPS) is 12.6. The first-order valence-electron chi connectivity index (χ1n) is 6.39. The Labute approximate surface area is 110 Å². The van der Waals surface area contributed by atoms with Gasteiger partial charge in [0.25, 0.3) is 0 Å². The molecule has 0 saturated carbocycles. The summed E-state index contributed by atoms with van der Waals surface area (Å²) in [6, 6.07) is 0. The van der Waals surface area contributed by atoms with Crippen molar-refractivity contribution < 1.29 is 0 Å². The molecule has 0 aliphatic heterocycles. The van der Waals surface area contributed by atoms with Crippen LogP contribution in [-0.4, -0.2) is 16.5 Å². The van der Waals surface area contributed by atoms with Crippen molar-refractivity contribution in [1.82, 2.24) is 9.97 Å². The molecule has 3 N–H and O–H groups in total. The molecule has 1 aromatic heterocycles. The van der Waals surface area contributed by atoms with Crippen LogP contribution in [0, 0.1) is 12.3 Å². The summed E-state index contributed by atoms with van der Waals surface area (Å²) < 4.78 is 0. The van der Waals surface area contributed by atoms with Crippen molar-refractivity contribution in [1.29, 1.82) is 0 Å². The van der Waals surface area contributed by atoms with Crippen LogP contribution in [0.1, 0.15) is 52.9 Å². The zero-order valence-corrected chi connectivity index (χ0v) is 12.7. The predicted molar refractivity (Wildman–Crippen MR) is 77.8 cm³/mol. The quantitative estimate of drug-likeness (QED) is 0.846. The maximum atomic E-state index is 5.97. The molecule has 1 heterocycles. The molecule has 0 spiro atoms. The molecule has 0 atom stereocenters. The van der Waals surface area contributed by atoms with Crippen molar-refractivity contribution in [2.45, 2.75) is 53.9 Å². The van der Waals surface area contributed by atoms with E-state index in [2.05, 4.69) is 56.8 Å². The van der Waals surface area contributed by atoms with Crippen LogP contribution in [0.5, 0.6) is 0 Å². The summed E-state index contributed by atoms with van der Waals surface area (Å²) in [6.45, 7) is 15.6. The number of nitrogens with two attached hydrogens (primary N) is 1. The van der Waals surface area contributed by atoms with E-state index in [9.17, 15) is 0 Å². The number of anilines is 2. The van der Waals surface area contributed by atoms with E-state index in [1.165, 1.54) is 0 Å². The standard InChI is InChI=1S/C14H26N4/c1-9-10(15)17-12(14(5,6)7)18-11(9)16-8-13(2,3)4/h8H2,1-7H3,(H3,15,16,17,18). The number of nitrogens with one attached hydrogen (secondary N) is 1. The topological polar surface area (TPSA) is 63.8 Å². The van der Waals surface area contributed by atoms with Crippen molar-refractivity contribution >= 4 is 11.6 Å². The second kappa shape index (κ2) is 4.75. The van der Waals surface area contributed by atoms with Crippen molar-refractivity contribution in [3.8, 4) is 0 Å². The van der Waals surface area contributed by atoms with Gasteiger partial charge in [0, 0.05) is 17.5 Å². The van der Waals surface area contributed by atoms with Gasteiger partial charge in [0.05, 0.1) is 0 Å². The third-order valence-electron chi connectivity index (χ3n) is 2.64. The minimum absolute atomic E-state index is 0.0972. The number of aromatic nitrogens is 2. The first-order valence-corrected chi connectivity index (χ1v) is 6.39. The summed E-state index contributed by atoms with van der Waals surface area (Å²) in [5, 5.41) is 3.38. The van der Waals surface area contributed by atoms with E-state index in [4.69, 9.17) is 5.73 Å². The molecule has 0 saturated heterocycles. The van der Waals surface area contributed by atoms with Gasteiger partial charge in [-0.3, -0.25) is 0 Å². The van der Waals surface area contributed by atoms with E-state index < -0.39 is 0 Å². The van der Waals surface area contributed by atoms with E-state index in [1.807, 2.05) is 6.92 Å². The van der Waals surface area contributed by atoms with Gasteiger partial charge in [-0.2, -0.15) is 0 Å². The molecule has 4 heteroatoms. The molecular weight excluding hydrogens is 224 g/mol. The summed E-state index contributed by atoms with van der Waals surface area (Å²) in [4.78, 5) is 8.98. The highest BCUT2D eigenvalue weighted by molar-refractivity contribution is 5.55. The Morgan fingerprint density at radius 3 is 2.06 bits per heavy atom. The number of nitrogens with zero attached hydrogens (tertiary/aromatic N) is 2. The van der Waals surface area contributed by atoms with Crippen molar-refractivity contribution in [3.63, 3.8) is 0 Å². The fourth-order valence-electron chi connectivity index (χ4n) is 1.39. The molecule has 1 aromatic rings. The summed E-state index contributed by atoms with van der Waals surface area (Å²) in [7, 11) is 0. The fourth-order valence-corrected chi connectivity index (χ4v) is 1.39. The second-order valence-electron chi connectivity index (χ2n) is 7.07. The lowest BCUT2D eigenvalue weighted by Crippen LogP contribution is -2.23. The average Bonchev–Trinajstić information content (AvgIpc) is 2.17. The molecule has 1 rings (SSSR count). The van der Waals surface area contributed by atoms with Crippen LogP contribution in [-0.2, 0) is 5.41 Å². The molecule has 0 fully saturated rings. The lowest BCUT2D eigenvalue weighted by atomic mass is 9.95. The van der Waals surface area contributed by atoms with Crippen LogP contribution in [0.15, 0.2) is 0 Å². The SMILES string of the molecule is Cc1c(N)nc(C(C)(C)C)nc1NCC(C)(C)C. The molecule has 18 heavy (non-hydrogen) atoms. The zero-order chi connectivity index (χ0) is 14.1. The number of hydrogen-bond acceptors (Lipinski definition) is 4. The van der Waals surface area contributed by atoms with Crippen LogP contribution in [0.3, 0.4) is 0 Å². The summed E-state index contributed by atoms with van der Waals surface area (Å²) >= 11 is 0. The van der Waals surface area contributed by atoms with Gasteiger partial charge in [0.1, 0.15) is 17.5 Å². The van der Waals surface area contributed by atoms with Gasteiger partial charge in [-0.1, -0.05) is 41.5 Å². The van der Waals surface area contributed by atoms with Gasteiger partial charge in [-0.05, 0) is 12.3 Å². The van der Waals surface area contributed by atoms with E-state index in [-0.39, 0.29) is 10.8 Å². The van der Waals surface area contributed by atoms with E-state index >= 15 is 0 Å². The summed E-state index contributed by atoms with van der Waals surface area (Å²) in [5.41, 5.74) is 6.99. The fraction of sp³-hybridized carbons (Fsp3) is 0.714. The van der Waals surface area contributed by atoms with Crippen LogP contribution in [0.2, 0.25) is 0 Å². The van der Waals surface area contributed by atoms with Gasteiger partial charge >= 0.3 is 0 Å². The Morgan fingerprint density at radius 1 is 1.06 bits per heavy atom. The molecule has 102 valence electrons. The summed E-state index contributed by atoms with van der Waals surface area (Å²) in [6.07, 6.45) is 0. The number of nitrogen functional groups attached to an aromatic ring is 1. The summed E-state index contributed by atoms with van der Waals surface area (Å²) in [5.74, 6) is 2.19. The van der Waals surface area contributed by atoms with E-state index in [1.54, 1.807) is 0 Å². The van der Waals surface area contributed by atoms with Crippen LogP contribution >= 0.6 is 0 Å². The van der Waals surface area contributed by atoms with Gasteiger partial charge in [-0.25, -0.2) is 9.97 Å². The molecular formula is C14H26N4. The Hall–Kier alpha value is -1.32. The molecule has 4 nitrogen and oxygen atoms in total. The minimum atomic E-state index is -0.0972. The number of rotatable bonds is 2. The van der Waals surface area contributed by atoms with Gasteiger partial charge in [-0.15, -0.1) is 0 Å². The number of hydrogen-bond donors (Lipinski definition) is 2. The molecule has 0 aliphatic carbocycles. The van der Waals surface area contributed by atoms with Crippen LogP contribution < -0.4 is 11.1 Å². The first-order chi connectivity index (χ1) is 8.00. The lowest BCUT2D eigenvalue weighted by Gasteiger charge is -2.23. The van der Waals surface area contributed by atoms with Crippen molar-refractivity contribution in [2.75, 3.05) is 17.6 Å². The minimum Gasteiger partial charge on any atom is -0.383 e. The highest BCUT2D eigenvalue weighted by atomic mass is 15.1. The van der Waals surface area contributed by atoms with E-state index in [0.717, 1.165) is 23.8 Å². The largest absolute Gasteiger partial charge is 0.383 e. The Balaban J connectivity index is 3.07. The maximum Gasteiger partial charge on any atom is 0.138 e. The molecule has 0 radical (unpaired) electrons. The third kappa shape index (κ3) is 3.86. The molecule has 0 unspecified atom stereocenters. The second-order valence-corrected chi connectivity index (χ2v) is 7.07. The molecule has 0 aliphatic rings. The first kappa shape index (κ1) is 14.7. The van der Waals surface area contributed by atoms with E-state index in [0.29, 0.717) is 5.82 Å². The zero-order valence-electron chi connectivity index (χ0n) is 12.7. The van der Waals surface area contributed by atoms with Gasteiger partial charge in [0.2, 0.25) is 0 Å². The molecule has 0 amide bonds. The van der Waals surface area contributed by atoms with Crippen molar-refractivity contribution in [2.24, 2.45) is 5.41 Å². The third-order valence-corrected chi connectivity index (χ3v) is 2.64. The van der Waals surface area contributed by atoms with Crippen LogP contribution in [0.25, 0.3) is 0 Å². The highest BCUT2D eigenvalue weighted by Gasteiger charge is 2.21. The maximum absolute atomic E-state index is 5.97. The van der Waals surface area contributed by atoms with Gasteiger partial charge < -0.3 is 11.1 Å². The average molecular weight is 250 g/mol. The van der Waals surface area contributed by atoms with Gasteiger partial charge in [0.15, 0.2) is 0 Å². The predicted octanol–water partition coefficient (Wildman–Crippen LogP) is 3.12. The smallest absolute Gasteiger partial charge is 0.138 e. The lowest BCUT2D eigenvalue weighted by molar-refractivity contribution is 0.442. The molecule has 0 aromatic carbocycles. The Bertz CT molecular complexity index is 425. The highest BCUT2D eigenvalue weighted by Crippen LogP contribution is 2.25. The monoisotopic (exact) mass is 250 g/mol. The van der Waals surface area contributed by atoms with Crippen molar-refractivity contribution in [3.05, 3.63) is 11.4 Å². The molecule has 0 bridgehead atoms. The van der Waals surface area contributed by atoms with Crippen LogP contribution in [0.4, 0.5) is 11.6 Å². The Kier molecular flexibility index (Phi) is 3.89.